The molecule has 0 unspecified atom stereocenters. The van der Waals surface area contributed by atoms with E-state index >= 15 is 0 Å². The van der Waals surface area contributed by atoms with Gasteiger partial charge in [0.25, 0.3) is 5.91 Å². The Balaban J connectivity index is 2.65. The molecule has 0 bridgehead atoms. The van der Waals surface area contributed by atoms with Gasteiger partial charge in [-0.05, 0) is 13.1 Å². The number of para-hydroxylation sites is 1. The first-order valence-electron chi connectivity index (χ1n) is 5.61. The van der Waals surface area contributed by atoms with E-state index in [0.29, 0.717) is 23.9 Å². The molecular formula is C13H17ClN2O2. The topological polar surface area (TPSA) is 50.4 Å². The molecule has 0 radical (unpaired) electrons. The van der Waals surface area contributed by atoms with E-state index in [1.54, 1.807) is 12.1 Å². The van der Waals surface area contributed by atoms with E-state index in [0.717, 1.165) is 5.56 Å². The summed E-state index contributed by atoms with van der Waals surface area (Å²) in [7, 11) is 1.83. The van der Waals surface area contributed by atoms with Crippen LogP contribution in [0.25, 0.3) is 0 Å². The molecule has 5 heteroatoms. The molecule has 98 valence electrons. The average molecular weight is 269 g/mol. The van der Waals surface area contributed by atoms with E-state index in [-0.39, 0.29) is 12.5 Å². The van der Waals surface area contributed by atoms with Crippen molar-refractivity contribution in [1.29, 1.82) is 0 Å². The Morgan fingerprint density at radius 3 is 3.00 bits per heavy atom. The Labute approximate surface area is 112 Å². The van der Waals surface area contributed by atoms with Crippen LogP contribution in [0.4, 0.5) is 0 Å². The zero-order chi connectivity index (χ0) is 13.4. The van der Waals surface area contributed by atoms with Gasteiger partial charge in [-0.25, -0.2) is 0 Å². The zero-order valence-electron chi connectivity index (χ0n) is 10.3. The number of amides is 1. The number of hydrogen-bond donors (Lipinski definition) is 2. The van der Waals surface area contributed by atoms with Crippen LogP contribution in [0.5, 0.6) is 5.75 Å². The fraction of sp³-hybridized carbons (Fsp3) is 0.308. The fourth-order valence-electron chi connectivity index (χ4n) is 1.42. The number of halogens is 1. The molecule has 2 N–H and O–H groups in total. The largest absolute Gasteiger partial charge is 0.482 e. The van der Waals surface area contributed by atoms with Gasteiger partial charge in [0, 0.05) is 18.7 Å². The number of rotatable bonds is 7. The summed E-state index contributed by atoms with van der Waals surface area (Å²) in [6, 6.07) is 5.48. The Morgan fingerprint density at radius 1 is 1.56 bits per heavy atom. The summed E-state index contributed by atoms with van der Waals surface area (Å²) in [6.07, 6.45) is 1.61. The Hall–Kier alpha value is -1.52. The lowest BCUT2D eigenvalue weighted by molar-refractivity contribution is -0.122. The van der Waals surface area contributed by atoms with Crippen molar-refractivity contribution in [2.75, 3.05) is 20.2 Å². The summed E-state index contributed by atoms with van der Waals surface area (Å²) in [6.45, 7) is 4.51. The molecule has 1 aromatic rings. The quantitative estimate of drug-likeness (QED) is 0.741. The normalized spacial score (nSPS) is 9.89. The minimum absolute atomic E-state index is 0.0612. The van der Waals surface area contributed by atoms with E-state index in [4.69, 9.17) is 16.3 Å². The summed E-state index contributed by atoms with van der Waals surface area (Å²) in [5.74, 6) is 0.340. The summed E-state index contributed by atoms with van der Waals surface area (Å²) in [5.41, 5.74) is 0.918. The van der Waals surface area contributed by atoms with E-state index in [1.165, 1.54) is 0 Å². The van der Waals surface area contributed by atoms with Crippen LogP contribution in [0.2, 0.25) is 5.02 Å². The molecular weight excluding hydrogens is 252 g/mol. The maximum atomic E-state index is 11.4. The highest BCUT2D eigenvalue weighted by molar-refractivity contribution is 6.32. The molecule has 0 aliphatic carbocycles. The molecule has 0 fully saturated rings. The number of ether oxygens (including phenoxy) is 1. The van der Waals surface area contributed by atoms with E-state index in [1.807, 2.05) is 19.2 Å². The molecule has 4 nitrogen and oxygen atoms in total. The number of hydrogen-bond acceptors (Lipinski definition) is 3. The first-order valence-corrected chi connectivity index (χ1v) is 5.99. The van der Waals surface area contributed by atoms with Gasteiger partial charge in [-0.3, -0.25) is 4.79 Å². The van der Waals surface area contributed by atoms with Crippen molar-refractivity contribution >= 4 is 17.5 Å². The molecule has 0 atom stereocenters. The lowest BCUT2D eigenvalue weighted by Gasteiger charge is -2.12. The predicted molar refractivity (Wildman–Crippen MR) is 72.9 cm³/mol. The van der Waals surface area contributed by atoms with Crippen LogP contribution in [-0.4, -0.2) is 26.1 Å². The van der Waals surface area contributed by atoms with Crippen LogP contribution in [-0.2, 0) is 11.3 Å². The van der Waals surface area contributed by atoms with Crippen molar-refractivity contribution in [2.24, 2.45) is 0 Å². The molecule has 0 spiro atoms. The second-order valence-corrected chi connectivity index (χ2v) is 4.05. The van der Waals surface area contributed by atoms with Gasteiger partial charge >= 0.3 is 0 Å². The van der Waals surface area contributed by atoms with Crippen LogP contribution in [0.3, 0.4) is 0 Å². The Bertz CT molecular complexity index is 421. The van der Waals surface area contributed by atoms with Crippen molar-refractivity contribution in [2.45, 2.75) is 6.54 Å². The van der Waals surface area contributed by atoms with Crippen molar-refractivity contribution in [3.05, 3.63) is 41.4 Å². The summed E-state index contributed by atoms with van der Waals surface area (Å²) in [5, 5.41) is 6.15. The van der Waals surface area contributed by atoms with Crippen LogP contribution in [0.15, 0.2) is 30.9 Å². The summed E-state index contributed by atoms with van der Waals surface area (Å²) >= 11 is 6.05. The van der Waals surface area contributed by atoms with Crippen molar-refractivity contribution in [3.63, 3.8) is 0 Å². The van der Waals surface area contributed by atoms with Crippen molar-refractivity contribution in [1.82, 2.24) is 10.6 Å². The molecule has 0 aliphatic rings. The lowest BCUT2D eigenvalue weighted by Crippen LogP contribution is -2.29. The van der Waals surface area contributed by atoms with Crippen LogP contribution in [0, 0.1) is 0 Å². The van der Waals surface area contributed by atoms with Gasteiger partial charge in [0.05, 0.1) is 5.02 Å². The van der Waals surface area contributed by atoms with Crippen LogP contribution < -0.4 is 15.4 Å². The molecule has 1 rings (SSSR count). The van der Waals surface area contributed by atoms with E-state index < -0.39 is 0 Å². The second kappa shape index (κ2) is 7.74. The maximum absolute atomic E-state index is 11.4. The molecule has 0 aromatic heterocycles. The molecule has 1 aromatic carbocycles. The average Bonchev–Trinajstić information content (AvgIpc) is 2.36. The van der Waals surface area contributed by atoms with E-state index in [2.05, 4.69) is 17.2 Å². The molecule has 0 saturated heterocycles. The lowest BCUT2D eigenvalue weighted by atomic mass is 10.2. The van der Waals surface area contributed by atoms with Crippen molar-refractivity contribution in [3.8, 4) is 5.75 Å². The monoisotopic (exact) mass is 268 g/mol. The highest BCUT2D eigenvalue weighted by atomic mass is 35.5. The number of benzene rings is 1. The standard InChI is InChI=1S/C13H17ClN2O2/c1-3-7-16-12(17)9-18-13-10(8-15-2)5-4-6-11(13)14/h3-6,15H,1,7-9H2,2H3,(H,16,17). The van der Waals surface area contributed by atoms with Crippen molar-refractivity contribution < 1.29 is 9.53 Å². The minimum Gasteiger partial charge on any atom is -0.482 e. The third-order valence-corrected chi connectivity index (χ3v) is 2.50. The second-order valence-electron chi connectivity index (χ2n) is 3.64. The molecule has 0 heterocycles. The first kappa shape index (κ1) is 14.5. The van der Waals surface area contributed by atoms with Gasteiger partial charge in [-0.1, -0.05) is 29.8 Å². The van der Waals surface area contributed by atoms with Gasteiger partial charge in [0.15, 0.2) is 6.61 Å². The molecule has 0 saturated carbocycles. The predicted octanol–water partition coefficient (Wildman–Crippen LogP) is 1.74. The smallest absolute Gasteiger partial charge is 0.258 e. The molecule has 0 aliphatic heterocycles. The molecule has 1 amide bonds. The van der Waals surface area contributed by atoms with Gasteiger partial charge in [-0.15, -0.1) is 6.58 Å². The highest BCUT2D eigenvalue weighted by Gasteiger charge is 2.09. The zero-order valence-corrected chi connectivity index (χ0v) is 11.1. The minimum atomic E-state index is -0.203. The van der Waals surface area contributed by atoms with E-state index in [9.17, 15) is 4.79 Å². The molecule has 18 heavy (non-hydrogen) atoms. The van der Waals surface area contributed by atoms with Gasteiger partial charge < -0.3 is 15.4 Å². The Kier molecular flexibility index (Phi) is 6.25. The number of nitrogens with one attached hydrogen (secondary N) is 2. The van der Waals surface area contributed by atoms with Crippen LogP contribution in [0.1, 0.15) is 5.56 Å². The fourth-order valence-corrected chi connectivity index (χ4v) is 1.67. The van der Waals surface area contributed by atoms with Gasteiger partial charge in [-0.2, -0.15) is 0 Å². The highest BCUT2D eigenvalue weighted by Crippen LogP contribution is 2.28. The third kappa shape index (κ3) is 4.39. The van der Waals surface area contributed by atoms with Gasteiger partial charge in [0.1, 0.15) is 5.75 Å². The Morgan fingerprint density at radius 2 is 2.33 bits per heavy atom. The SMILES string of the molecule is C=CCNC(=O)COc1c(Cl)cccc1CNC. The third-order valence-electron chi connectivity index (χ3n) is 2.21. The maximum Gasteiger partial charge on any atom is 0.258 e. The summed E-state index contributed by atoms with van der Waals surface area (Å²) < 4.78 is 5.46. The number of carbonyl (C=O) groups is 1. The van der Waals surface area contributed by atoms with Crippen LogP contribution >= 0.6 is 11.6 Å². The summed E-state index contributed by atoms with van der Waals surface area (Å²) in [4.78, 5) is 11.4. The number of carbonyl (C=O) groups excluding carboxylic acids is 1. The first-order chi connectivity index (χ1) is 8.69. The van der Waals surface area contributed by atoms with Gasteiger partial charge in [0.2, 0.25) is 0 Å².